The number of rotatable bonds is 7. The standard InChI is InChI=1S/C26H24ClN5O/c1-3-21(33)14-18-10-11-23(27)22(15-18)25-24(28-2)17-29-26(31-25)30-19-8-7-9-20(16-19)32-12-5-4-6-13-32/h3,7-11,15-17H,1,4-6,12-14H2,(H,29,30,31). The van der Waals surface area contributed by atoms with E-state index < -0.39 is 0 Å². The normalized spacial score (nSPS) is 13.3. The monoisotopic (exact) mass is 457 g/mol. The first-order valence-corrected chi connectivity index (χ1v) is 11.3. The predicted molar refractivity (Wildman–Crippen MR) is 133 cm³/mol. The fourth-order valence-electron chi connectivity index (χ4n) is 3.91. The van der Waals surface area contributed by atoms with E-state index in [-0.39, 0.29) is 17.9 Å². The zero-order chi connectivity index (χ0) is 23.2. The van der Waals surface area contributed by atoms with Crippen molar-refractivity contribution in [2.24, 2.45) is 0 Å². The Morgan fingerprint density at radius 2 is 2.03 bits per heavy atom. The van der Waals surface area contributed by atoms with Gasteiger partial charge in [-0.05, 0) is 61.2 Å². The van der Waals surface area contributed by atoms with Crippen molar-refractivity contribution < 1.29 is 4.79 Å². The molecule has 166 valence electrons. The average molecular weight is 458 g/mol. The highest BCUT2D eigenvalue weighted by Gasteiger charge is 2.15. The molecule has 0 spiro atoms. The fraction of sp³-hybridized carbons (Fsp3) is 0.231. The lowest BCUT2D eigenvalue weighted by molar-refractivity contribution is -0.114. The maximum absolute atomic E-state index is 11.8. The zero-order valence-electron chi connectivity index (χ0n) is 18.2. The molecule has 3 aromatic rings. The van der Waals surface area contributed by atoms with Crippen molar-refractivity contribution in [2.45, 2.75) is 25.7 Å². The number of ketones is 1. The van der Waals surface area contributed by atoms with Crippen molar-refractivity contribution in [2.75, 3.05) is 23.3 Å². The molecule has 0 amide bonds. The van der Waals surface area contributed by atoms with E-state index in [1.165, 1.54) is 37.2 Å². The largest absolute Gasteiger partial charge is 0.371 e. The minimum Gasteiger partial charge on any atom is -0.371 e. The van der Waals surface area contributed by atoms with Gasteiger partial charge in [0, 0.05) is 47.7 Å². The minimum atomic E-state index is -0.0905. The van der Waals surface area contributed by atoms with Crippen molar-refractivity contribution in [1.82, 2.24) is 9.97 Å². The van der Waals surface area contributed by atoms with Crippen LogP contribution in [0.1, 0.15) is 24.8 Å². The summed E-state index contributed by atoms with van der Waals surface area (Å²) < 4.78 is 0. The third kappa shape index (κ3) is 5.39. The number of piperidine rings is 1. The second-order valence-electron chi connectivity index (χ2n) is 7.92. The first-order valence-electron chi connectivity index (χ1n) is 10.9. The number of nitrogens with zero attached hydrogens (tertiary/aromatic N) is 4. The van der Waals surface area contributed by atoms with Gasteiger partial charge in [-0.3, -0.25) is 4.79 Å². The van der Waals surface area contributed by atoms with Crippen LogP contribution in [0.4, 0.5) is 23.0 Å². The molecular weight excluding hydrogens is 434 g/mol. The quantitative estimate of drug-likeness (QED) is 0.329. The van der Waals surface area contributed by atoms with Crippen LogP contribution >= 0.6 is 11.6 Å². The Morgan fingerprint density at radius 1 is 1.21 bits per heavy atom. The SMILES string of the molecule is [C-]#[N+]c1cnc(Nc2cccc(N3CCCCC3)c2)nc1-c1cc(CC(=O)C=C)ccc1Cl. The minimum absolute atomic E-state index is 0.0905. The highest BCUT2D eigenvalue weighted by Crippen LogP contribution is 2.35. The Bertz CT molecular complexity index is 1230. The third-order valence-corrected chi connectivity index (χ3v) is 5.93. The Kier molecular flexibility index (Phi) is 7.01. The molecule has 2 heterocycles. The number of allylic oxidation sites excluding steroid dienone is 1. The highest BCUT2D eigenvalue weighted by molar-refractivity contribution is 6.33. The number of hydrogen-bond donors (Lipinski definition) is 1. The molecule has 4 rings (SSSR count). The molecule has 0 atom stereocenters. The van der Waals surface area contributed by atoms with Gasteiger partial charge in [-0.1, -0.05) is 30.3 Å². The number of carbonyl (C=O) groups excluding carboxylic acids is 1. The van der Waals surface area contributed by atoms with Gasteiger partial charge in [0.05, 0.1) is 12.3 Å². The van der Waals surface area contributed by atoms with Gasteiger partial charge >= 0.3 is 0 Å². The van der Waals surface area contributed by atoms with E-state index in [0.29, 0.717) is 22.2 Å². The highest BCUT2D eigenvalue weighted by atomic mass is 35.5. The van der Waals surface area contributed by atoms with Gasteiger partial charge in [0.15, 0.2) is 5.78 Å². The molecule has 0 unspecified atom stereocenters. The molecule has 6 nitrogen and oxygen atoms in total. The van der Waals surface area contributed by atoms with Crippen LogP contribution in [0.3, 0.4) is 0 Å². The molecule has 33 heavy (non-hydrogen) atoms. The number of benzene rings is 2. The van der Waals surface area contributed by atoms with Crippen LogP contribution in [0.5, 0.6) is 0 Å². The van der Waals surface area contributed by atoms with Gasteiger partial charge in [0.25, 0.3) is 0 Å². The number of nitrogens with one attached hydrogen (secondary N) is 1. The molecule has 2 aromatic carbocycles. The van der Waals surface area contributed by atoms with E-state index in [9.17, 15) is 4.79 Å². The molecule has 0 bridgehead atoms. The van der Waals surface area contributed by atoms with Crippen LogP contribution in [0.2, 0.25) is 5.02 Å². The number of carbonyl (C=O) groups is 1. The van der Waals surface area contributed by atoms with Gasteiger partial charge in [-0.15, -0.1) is 0 Å². The van der Waals surface area contributed by atoms with E-state index in [1.807, 2.05) is 12.1 Å². The lowest BCUT2D eigenvalue weighted by Gasteiger charge is -2.29. The molecule has 1 aliphatic heterocycles. The van der Waals surface area contributed by atoms with E-state index in [0.717, 1.165) is 24.3 Å². The Hall–Kier alpha value is -3.69. The lowest BCUT2D eigenvalue weighted by Crippen LogP contribution is -2.29. The van der Waals surface area contributed by atoms with Crippen molar-refractivity contribution in [1.29, 1.82) is 0 Å². The number of halogens is 1. The number of anilines is 3. The van der Waals surface area contributed by atoms with Gasteiger partial charge in [-0.2, -0.15) is 0 Å². The predicted octanol–water partition coefficient (Wildman–Crippen LogP) is 6.38. The molecule has 1 saturated heterocycles. The van der Waals surface area contributed by atoms with Crippen molar-refractivity contribution in [3.05, 3.63) is 83.3 Å². The molecule has 1 aromatic heterocycles. The average Bonchev–Trinajstić information content (AvgIpc) is 2.86. The molecule has 0 saturated carbocycles. The Morgan fingerprint density at radius 3 is 2.79 bits per heavy atom. The maximum Gasteiger partial charge on any atom is 0.230 e. The summed E-state index contributed by atoms with van der Waals surface area (Å²) in [7, 11) is 0. The summed E-state index contributed by atoms with van der Waals surface area (Å²) in [5.41, 5.74) is 4.11. The van der Waals surface area contributed by atoms with Crippen LogP contribution in [-0.2, 0) is 11.2 Å². The third-order valence-electron chi connectivity index (χ3n) is 5.61. The molecule has 0 radical (unpaired) electrons. The van der Waals surface area contributed by atoms with Crippen molar-refractivity contribution in [3.8, 4) is 11.3 Å². The first-order chi connectivity index (χ1) is 16.1. The molecule has 1 fully saturated rings. The second-order valence-corrected chi connectivity index (χ2v) is 8.33. The first kappa shape index (κ1) is 22.5. The summed E-state index contributed by atoms with van der Waals surface area (Å²) in [6.07, 6.45) is 6.69. The molecule has 1 aliphatic rings. The van der Waals surface area contributed by atoms with Gasteiger partial charge in [0.1, 0.15) is 0 Å². The fourth-order valence-corrected chi connectivity index (χ4v) is 4.12. The summed E-state index contributed by atoms with van der Waals surface area (Å²) >= 11 is 6.46. The molecular formula is C26H24ClN5O. The maximum atomic E-state index is 11.8. The van der Waals surface area contributed by atoms with Crippen LogP contribution < -0.4 is 10.2 Å². The van der Waals surface area contributed by atoms with E-state index in [2.05, 4.69) is 43.7 Å². The summed E-state index contributed by atoms with van der Waals surface area (Å²) in [5.74, 6) is 0.282. The molecule has 7 heteroatoms. The van der Waals surface area contributed by atoms with Crippen molar-refractivity contribution >= 4 is 40.4 Å². The Labute approximate surface area is 198 Å². The number of aromatic nitrogens is 2. The molecule has 0 aliphatic carbocycles. The van der Waals surface area contributed by atoms with E-state index >= 15 is 0 Å². The summed E-state index contributed by atoms with van der Waals surface area (Å²) in [6, 6.07) is 13.5. The van der Waals surface area contributed by atoms with Gasteiger partial charge in [0.2, 0.25) is 11.6 Å². The summed E-state index contributed by atoms with van der Waals surface area (Å²) in [6.45, 7) is 13.2. The van der Waals surface area contributed by atoms with Crippen LogP contribution in [-0.4, -0.2) is 28.8 Å². The van der Waals surface area contributed by atoms with Crippen LogP contribution in [0.25, 0.3) is 16.1 Å². The lowest BCUT2D eigenvalue weighted by atomic mass is 10.0. The van der Waals surface area contributed by atoms with Crippen LogP contribution in [0.15, 0.2) is 61.3 Å². The summed E-state index contributed by atoms with van der Waals surface area (Å²) in [5, 5.41) is 3.71. The van der Waals surface area contributed by atoms with Crippen molar-refractivity contribution in [3.63, 3.8) is 0 Å². The number of hydrogen-bond acceptors (Lipinski definition) is 5. The zero-order valence-corrected chi connectivity index (χ0v) is 19.0. The second kappa shape index (κ2) is 10.3. The summed E-state index contributed by atoms with van der Waals surface area (Å²) in [4.78, 5) is 26.7. The van der Waals surface area contributed by atoms with E-state index in [1.54, 1.807) is 18.2 Å². The topological polar surface area (TPSA) is 62.5 Å². The van der Waals surface area contributed by atoms with Gasteiger partial charge < -0.3 is 10.2 Å². The van der Waals surface area contributed by atoms with Crippen LogP contribution in [0, 0.1) is 6.57 Å². The molecule has 1 N–H and O–H groups in total. The van der Waals surface area contributed by atoms with E-state index in [4.69, 9.17) is 18.2 Å². The van der Waals surface area contributed by atoms with Gasteiger partial charge in [-0.25, -0.2) is 14.8 Å². The Balaban J connectivity index is 1.64. The smallest absolute Gasteiger partial charge is 0.230 e.